The first kappa shape index (κ1) is 55.9. The summed E-state index contributed by atoms with van der Waals surface area (Å²) in [6.45, 7) is 6.40. The maximum Gasteiger partial charge on any atom is 0.306 e. The topological polar surface area (TPSA) is 78.9 Å². The number of hydrogen-bond acceptors (Lipinski definition) is 6. The van der Waals surface area contributed by atoms with E-state index < -0.39 is 6.10 Å². The van der Waals surface area contributed by atoms with Crippen LogP contribution in [-0.2, 0) is 28.6 Å². The molecule has 0 rings (SSSR count). The van der Waals surface area contributed by atoms with Crippen LogP contribution in [0.3, 0.4) is 0 Å². The third kappa shape index (κ3) is 45.8. The predicted octanol–water partition coefficient (Wildman–Crippen LogP) is 15.9. The van der Waals surface area contributed by atoms with Crippen molar-refractivity contribution in [1.82, 2.24) is 0 Å². The van der Waals surface area contributed by atoms with Crippen LogP contribution in [0.5, 0.6) is 0 Å². The molecule has 338 valence electrons. The Bertz CT molecular complexity index is 1130. The van der Waals surface area contributed by atoms with Crippen molar-refractivity contribution in [3.8, 4) is 0 Å². The molecule has 0 bridgehead atoms. The highest BCUT2D eigenvalue weighted by molar-refractivity contribution is 5.71. The fourth-order valence-corrected chi connectivity index (χ4v) is 6.57. The lowest BCUT2D eigenvalue weighted by Crippen LogP contribution is -2.30. The standard InChI is InChI=1S/C53H90O6/c1-4-7-10-13-16-19-21-23-25-26-28-29-31-34-37-40-43-46-52(55)58-49-50(48-57-51(54)45-42-39-36-33-18-15-12-9-6-3)59-53(56)47-44-41-38-35-32-30-27-24-22-20-17-14-11-8-5-2/h8,11,14,17,20,22-25,27,33,36,50H,4-7,9-10,12-13,15-16,18-19,21,26,28-32,34-35,37-49H2,1-3H3/b11-8-,17-14-,22-20-,25-23-,27-24-,36-33-. The zero-order valence-corrected chi connectivity index (χ0v) is 38.5. The monoisotopic (exact) mass is 823 g/mol. The lowest BCUT2D eigenvalue weighted by molar-refractivity contribution is -0.167. The van der Waals surface area contributed by atoms with Crippen molar-refractivity contribution in [3.05, 3.63) is 72.9 Å². The molecule has 0 heterocycles. The summed E-state index contributed by atoms with van der Waals surface area (Å²) >= 11 is 0. The van der Waals surface area contributed by atoms with Gasteiger partial charge in [-0.1, -0.05) is 196 Å². The van der Waals surface area contributed by atoms with Crippen molar-refractivity contribution in [2.24, 2.45) is 0 Å². The summed E-state index contributed by atoms with van der Waals surface area (Å²) < 4.78 is 16.7. The molecular formula is C53H90O6. The molecule has 0 aliphatic rings. The van der Waals surface area contributed by atoms with Gasteiger partial charge < -0.3 is 14.2 Å². The molecule has 0 saturated carbocycles. The lowest BCUT2D eigenvalue weighted by Gasteiger charge is -2.18. The molecular weight excluding hydrogens is 733 g/mol. The smallest absolute Gasteiger partial charge is 0.306 e. The SMILES string of the molecule is CC\C=C/C=C\C=C/C=C\CCCCCCCC(=O)OC(COC(=O)CCC/C=C\CCCCCC)COC(=O)CCCCCCCCC/C=C\CCCCCCCC. The van der Waals surface area contributed by atoms with E-state index in [0.717, 1.165) is 77.0 Å². The van der Waals surface area contributed by atoms with E-state index in [-0.39, 0.29) is 31.1 Å². The highest BCUT2D eigenvalue weighted by Gasteiger charge is 2.19. The minimum Gasteiger partial charge on any atom is -0.462 e. The van der Waals surface area contributed by atoms with E-state index in [0.29, 0.717) is 25.7 Å². The molecule has 0 N–H and O–H groups in total. The number of unbranched alkanes of at least 4 members (excludes halogenated alkanes) is 23. The van der Waals surface area contributed by atoms with Gasteiger partial charge in [-0.15, -0.1) is 0 Å². The highest BCUT2D eigenvalue weighted by atomic mass is 16.6. The van der Waals surface area contributed by atoms with Crippen molar-refractivity contribution in [2.75, 3.05) is 13.2 Å². The number of rotatable bonds is 43. The average Bonchev–Trinajstić information content (AvgIpc) is 3.23. The van der Waals surface area contributed by atoms with Crippen LogP contribution in [0.2, 0.25) is 0 Å². The van der Waals surface area contributed by atoms with Crippen molar-refractivity contribution >= 4 is 17.9 Å². The van der Waals surface area contributed by atoms with Gasteiger partial charge in [-0.3, -0.25) is 14.4 Å². The van der Waals surface area contributed by atoms with Gasteiger partial charge in [0.15, 0.2) is 6.10 Å². The normalized spacial score (nSPS) is 12.7. The summed E-state index contributed by atoms with van der Waals surface area (Å²) in [6, 6.07) is 0. The summed E-state index contributed by atoms with van der Waals surface area (Å²) in [6.07, 6.45) is 58.9. The van der Waals surface area contributed by atoms with Crippen LogP contribution in [0.1, 0.15) is 226 Å². The Morgan fingerprint density at radius 1 is 0.356 bits per heavy atom. The summed E-state index contributed by atoms with van der Waals surface area (Å²) in [7, 11) is 0. The Hall–Kier alpha value is -3.15. The highest BCUT2D eigenvalue weighted by Crippen LogP contribution is 2.13. The van der Waals surface area contributed by atoms with Crippen molar-refractivity contribution in [3.63, 3.8) is 0 Å². The molecule has 0 saturated heterocycles. The van der Waals surface area contributed by atoms with E-state index in [1.54, 1.807) is 0 Å². The summed E-state index contributed by atoms with van der Waals surface area (Å²) in [5.41, 5.74) is 0. The molecule has 1 atom stereocenters. The van der Waals surface area contributed by atoms with E-state index in [1.165, 1.54) is 103 Å². The van der Waals surface area contributed by atoms with Crippen molar-refractivity contribution in [2.45, 2.75) is 232 Å². The number of allylic oxidation sites excluding steroid dienone is 12. The number of ether oxygens (including phenoxy) is 3. The van der Waals surface area contributed by atoms with Gasteiger partial charge in [0.1, 0.15) is 13.2 Å². The summed E-state index contributed by atoms with van der Waals surface area (Å²) in [4.78, 5) is 37.8. The fraction of sp³-hybridized carbons (Fsp3) is 0.717. The van der Waals surface area contributed by atoms with Crippen LogP contribution in [-0.4, -0.2) is 37.2 Å². The second-order valence-electron chi connectivity index (χ2n) is 16.1. The van der Waals surface area contributed by atoms with Gasteiger partial charge in [0.25, 0.3) is 0 Å². The van der Waals surface area contributed by atoms with Crippen LogP contribution in [0.25, 0.3) is 0 Å². The maximum absolute atomic E-state index is 12.7. The molecule has 6 heteroatoms. The predicted molar refractivity (Wildman–Crippen MR) is 251 cm³/mol. The Balaban J connectivity index is 4.40. The second kappa shape index (κ2) is 47.5. The van der Waals surface area contributed by atoms with E-state index in [2.05, 4.69) is 69.4 Å². The van der Waals surface area contributed by atoms with Crippen LogP contribution >= 0.6 is 0 Å². The number of hydrogen-bond donors (Lipinski definition) is 0. The minimum absolute atomic E-state index is 0.0963. The molecule has 0 fully saturated rings. The van der Waals surface area contributed by atoms with Gasteiger partial charge >= 0.3 is 17.9 Å². The third-order valence-corrected chi connectivity index (χ3v) is 10.3. The van der Waals surface area contributed by atoms with Crippen LogP contribution in [0, 0.1) is 0 Å². The first-order valence-electron chi connectivity index (χ1n) is 24.5. The molecule has 0 radical (unpaired) electrons. The van der Waals surface area contributed by atoms with Crippen LogP contribution in [0.4, 0.5) is 0 Å². The quantitative estimate of drug-likeness (QED) is 0.0200. The molecule has 0 aliphatic heterocycles. The molecule has 1 unspecified atom stereocenters. The number of carbonyl (C=O) groups excluding carboxylic acids is 3. The second-order valence-corrected chi connectivity index (χ2v) is 16.1. The van der Waals surface area contributed by atoms with Crippen molar-refractivity contribution < 1.29 is 28.6 Å². The first-order chi connectivity index (χ1) is 29.0. The molecule has 59 heavy (non-hydrogen) atoms. The molecule has 0 aromatic heterocycles. The van der Waals surface area contributed by atoms with E-state index >= 15 is 0 Å². The molecule has 0 aliphatic carbocycles. The van der Waals surface area contributed by atoms with Crippen molar-refractivity contribution in [1.29, 1.82) is 0 Å². The average molecular weight is 823 g/mol. The Morgan fingerprint density at radius 2 is 0.695 bits per heavy atom. The molecule has 0 spiro atoms. The molecule has 6 nitrogen and oxygen atoms in total. The molecule has 0 amide bonds. The fourth-order valence-electron chi connectivity index (χ4n) is 6.57. The molecule has 0 aromatic rings. The largest absolute Gasteiger partial charge is 0.462 e. The van der Waals surface area contributed by atoms with Gasteiger partial charge in [0, 0.05) is 19.3 Å². The van der Waals surface area contributed by atoms with Gasteiger partial charge in [-0.25, -0.2) is 0 Å². The minimum atomic E-state index is -0.798. The zero-order valence-electron chi connectivity index (χ0n) is 38.5. The summed E-state index contributed by atoms with van der Waals surface area (Å²) in [5, 5.41) is 0. The number of carbonyl (C=O) groups is 3. The van der Waals surface area contributed by atoms with Gasteiger partial charge in [0.2, 0.25) is 0 Å². The van der Waals surface area contributed by atoms with Crippen LogP contribution < -0.4 is 0 Å². The molecule has 0 aromatic carbocycles. The van der Waals surface area contributed by atoms with Crippen LogP contribution in [0.15, 0.2) is 72.9 Å². The number of esters is 3. The summed E-state index contributed by atoms with van der Waals surface area (Å²) in [5.74, 6) is -0.963. The van der Waals surface area contributed by atoms with E-state index in [9.17, 15) is 14.4 Å². The Kier molecular flexibility index (Phi) is 45.0. The Morgan fingerprint density at radius 3 is 1.17 bits per heavy atom. The van der Waals surface area contributed by atoms with Gasteiger partial charge in [-0.05, 0) is 83.5 Å². The van der Waals surface area contributed by atoms with E-state index in [1.807, 2.05) is 24.3 Å². The first-order valence-corrected chi connectivity index (χ1v) is 24.5. The van der Waals surface area contributed by atoms with Gasteiger partial charge in [0.05, 0.1) is 0 Å². The van der Waals surface area contributed by atoms with Gasteiger partial charge in [-0.2, -0.15) is 0 Å². The maximum atomic E-state index is 12.7. The Labute approximate surface area is 363 Å². The zero-order chi connectivity index (χ0) is 43.0. The van der Waals surface area contributed by atoms with E-state index in [4.69, 9.17) is 14.2 Å². The lowest BCUT2D eigenvalue weighted by atomic mass is 10.1. The third-order valence-electron chi connectivity index (χ3n) is 10.3.